The number of hydrogen-bond acceptors (Lipinski definition) is 4. The molecule has 2 radical (unpaired) electrons. The first kappa shape index (κ1) is 12.1. The van der Waals surface area contributed by atoms with Crippen molar-refractivity contribution in [3.8, 4) is 0 Å². The minimum absolute atomic E-state index is 0.128. The number of aldehydes is 1. The van der Waals surface area contributed by atoms with Crippen LogP contribution in [0.1, 0.15) is 0 Å². The van der Waals surface area contributed by atoms with E-state index in [1.54, 1.807) is 7.05 Å². The Morgan fingerprint density at radius 1 is 1.47 bits per heavy atom. The zero-order valence-electron chi connectivity index (χ0n) is 8.40. The third-order valence-corrected chi connectivity index (χ3v) is 3.12. The maximum atomic E-state index is 11.5. The standard InChI is InChI=1S/C9H11N2O3.Al/c1-11(8(14)3-2-4-12)9(7-13)5-10-6-9;/h2-4,10H,5-6H2,1H3;/b3-2-;. The molecule has 0 saturated carbocycles. The van der Waals surface area contributed by atoms with Crippen molar-refractivity contribution in [1.82, 2.24) is 10.2 Å². The quantitative estimate of drug-likeness (QED) is 0.347. The molecule has 1 N–H and O–H groups in total. The molecule has 0 unspecified atom stereocenters. The van der Waals surface area contributed by atoms with Crippen LogP contribution in [-0.4, -0.2) is 63.7 Å². The van der Waals surface area contributed by atoms with Crippen molar-refractivity contribution in [2.75, 3.05) is 20.1 Å². The SMILES string of the molecule is CN(C(=O)/C=C\C=O)C1([C](=O)[Al])CNC1. The third-order valence-electron chi connectivity index (χ3n) is 2.58. The average molecular weight is 222 g/mol. The van der Waals surface area contributed by atoms with Crippen molar-refractivity contribution < 1.29 is 14.4 Å². The molecule has 0 aromatic heterocycles. The Morgan fingerprint density at radius 2 is 2.07 bits per heavy atom. The fourth-order valence-corrected chi connectivity index (χ4v) is 1.78. The van der Waals surface area contributed by atoms with E-state index < -0.39 is 5.54 Å². The number of nitrogens with one attached hydrogen (secondary N) is 1. The van der Waals surface area contributed by atoms with E-state index >= 15 is 0 Å². The van der Waals surface area contributed by atoms with Crippen LogP contribution in [0.5, 0.6) is 0 Å². The molecule has 6 heteroatoms. The summed E-state index contributed by atoms with van der Waals surface area (Å²) >= 11 is 2.09. The van der Waals surface area contributed by atoms with Gasteiger partial charge in [0, 0.05) is 26.2 Å². The summed E-state index contributed by atoms with van der Waals surface area (Å²) in [7, 11) is 1.56. The van der Waals surface area contributed by atoms with Crippen molar-refractivity contribution in [3.05, 3.63) is 12.2 Å². The Morgan fingerprint density at radius 3 is 2.40 bits per heavy atom. The van der Waals surface area contributed by atoms with Gasteiger partial charge in [-0.15, -0.1) is 0 Å². The monoisotopic (exact) mass is 222 g/mol. The summed E-state index contributed by atoms with van der Waals surface area (Å²) < 4.78 is -0.128. The summed E-state index contributed by atoms with van der Waals surface area (Å²) in [5, 5.41) is 2.95. The Bertz CT molecular complexity index is 323. The number of likely N-dealkylation sites (N-methyl/N-ethyl adjacent to an activating group) is 1. The van der Waals surface area contributed by atoms with Crippen molar-refractivity contribution >= 4 is 33.1 Å². The zero-order valence-corrected chi connectivity index (χ0v) is 9.55. The Kier molecular flexibility index (Phi) is 3.80. The van der Waals surface area contributed by atoms with E-state index in [0.717, 1.165) is 12.2 Å². The van der Waals surface area contributed by atoms with Gasteiger partial charge in [-0.25, -0.2) is 0 Å². The minimum Gasteiger partial charge on any atom is -0.329 e. The van der Waals surface area contributed by atoms with Crippen molar-refractivity contribution in [2.24, 2.45) is 0 Å². The summed E-state index contributed by atoms with van der Waals surface area (Å²) in [6.45, 7) is 0.902. The molecule has 5 nitrogen and oxygen atoms in total. The molecule has 1 aliphatic heterocycles. The molecule has 0 spiro atoms. The van der Waals surface area contributed by atoms with Gasteiger partial charge in [0.25, 0.3) is 0 Å². The molecule has 1 heterocycles. The molecule has 15 heavy (non-hydrogen) atoms. The van der Waals surface area contributed by atoms with Crippen LogP contribution in [0.3, 0.4) is 0 Å². The second-order valence-corrected chi connectivity index (χ2v) is 3.92. The van der Waals surface area contributed by atoms with Gasteiger partial charge in [-0.2, -0.15) is 0 Å². The first-order valence-electron chi connectivity index (χ1n) is 4.45. The highest BCUT2D eigenvalue weighted by atomic mass is 27.0. The highest BCUT2D eigenvalue weighted by molar-refractivity contribution is 6.60. The Balaban J connectivity index is 2.77. The second kappa shape index (κ2) is 4.71. The fourth-order valence-electron chi connectivity index (χ4n) is 1.38. The van der Waals surface area contributed by atoms with Crippen LogP contribution in [0.4, 0.5) is 0 Å². The van der Waals surface area contributed by atoms with Crippen LogP contribution in [0.2, 0.25) is 0 Å². The number of carbonyl (C=O) groups is 3. The highest BCUT2D eigenvalue weighted by Gasteiger charge is 2.45. The molecule has 78 valence electrons. The number of allylic oxidation sites excluding steroid dienone is 1. The molecule has 1 fully saturated rings. The molecule has 0 aromatic rings. The Hall–Kier alpha value is -0.958. The van der Waals surface area contributed by atoms with Gasteiger partial charge in [0.15, 0.2) is 0 Å². The summed E-state index contributed by atoms with van der Waals surface area (Å²) in [5.41, 5.74) is -0.769. The lowest BCUT2D eigenvalue weighted by Crippen LogP contribution is -2.73. The topological polar surface area (TPSA) is 66.5 Å². The molecule has 0 aliphatic carbocycles. The summed E-state index contributed by atoms with van der Waals surface area (Å²) in [6, 6.07) is 0. The lowest BCUT2D eigenvalue weighted by Gasteiger charge is -2.47. The molecule has 1 aliphatic rings. The third kappa shape index (κ3) is 2.17. The smallest absolute Gasteiger partial charge is 0.247 e. The minimum atomic E-state index is -0.769. The number of amides is 1. The van der Waals surface area contributed by atoms with E-state index in [9.17, 15) is 14.4 Å². The van der Waals surface area contributed by atoms with E-state index in [1.807, 2.05) is 0 Å². The van der Waals surface area contributed by atoms with Crippen LogP contribution in [0, 0.1) is 0 Å². The summed E-state index contributed by atoms with van der Waals surface area (Å²) in [4.78, 5) is 34.4. The van der Waals surface area contributed by atoms with Crippen LogP contribution in [0.15, 0.2) is 12.2 Å². The second-order valence-electron chi connectivity index (χ2n) is 3.39. The largest absolute Gasteiger partial charge is 0.329 e. The van der Waals surface area contributed by atoms with E-state index in [0.29, 0.717) is 19.4 Å². The van der Waals surface area contributed by atoms with E-state index in [1.165, 1.54) is 4.90 Å². The van der Waals surface area contributed by atoms with E-state index in [2.05, 4.69) is 21.6 Å². The maximum Gasteiger partial charge on any atom is 0.247 e. The maximum absolute atomic E-state index is 11.5. The molecular weight excluding hydrogens is 211 g/mol. The normalized spacial score (nSPS) is 18.2. The summed E-state index contributed by atoms with van der Waals surface area (Å²) in [6.07, 6.45) is 2.80. The first-order valence-corrected chi connectivity index (χ1v) is 5.02. The van der Waals surface area contributed by atoms with Crippen molar-refractivity contribution in [1.29, 1.82) is 0 Å². The molecule has 1 amide bonds. The van der Waals surface area contributed by atoms with Gasteiger partial charge in [0.05, 0.1) is 4.65 Å². The van der Waals surface area contributed by atoms with Gasteiger partial charge >= 0.3 is 0 Å². The average Bonchev–Trinajstić information content (AvgIpc) is 2.11. The molecule has 0 bridgehead atoms. The first-order chi connectivity index (χ1) is 7.04. The van der Waals surface area contributed by atoms with Gasteiger partial charge in [-0.3, -0.25) is 9.59 Å². The van der Waals surface area contributed by atoms with Gasteiger partial charge in [0.1, 0.15) is 11.8 Å². The van der Waals surface area contributed by atoms with Gasteiger partial charge in [-0.1, -0.05) is 0 Å². The van der Waals surface area contributed by atoms with Gasteiger partial charge in [0.2, 0.25) is 22.2 Å². The van der Waals surface area contributed by atoms with Crippen molar-refractivity contribution in [3.63, 3.8) is 0 Å². The van der Waals surface area contributed by atoms with Crippen molar-refractivity contribution in [2.45, 2.75) is 5.54 Å². The molecular formula is C9H11AlN2O3. The number of rotatable bonds is 4. The van der Waals surface area contributed by atoms with Crippen LogP contribution < -0.4 is 5.32 Å². The van der Waals surface area contributed by atoms with Crippen LogP contribution >= 0.6 is 0 Å². The molecule has 0 atom stereocenters. The highest BCUT2D eigenvalue weighted by Crippen LogP contribution is 2.19. The van der Waals surface area contributed by atoms with E-state index in [4.69, 9.17) is 0 Å². The lowest BCUT2D eigenvalue weighted by atomic mass is 9.92. The predicted molar refractivity (Wildman–Crippen MR) is 54.3 cm³/mol. The van der Waals surface area contributed by atoms with Crippen LogP contribution in [0.25, 0.3) is 0 Å². The molecule has 0 aromatic carbocycles. The zero-order chi connectivity index (χ0) is 11.5. The Labute approximate surface area is 95.9 Å². The van der Waals surface area contributed by atoms with Gasteiger partial charge in [-0.05, 0) is 6.08 Å². The van der Waals surface area contributed by atoms with Crippen LogP contribution in [-0.2, 0) is 14.4 Å². The fraction of sp³-hybridized carbons (Fsp3) is 0.444. The number of hydrogen-bond donors (Lipinski definition) is 1. The summed E-state index contributed by atoms with van der Waals surface area (Å²) in [5.74, 6) is -0.348. The predicted octanol–water partition coefficient (Wildman–Crippen LogP) is -1.76. The number of nitrogens with zero attached hydrogens (tertiary/aromatic N) is 1. The molecule has 1 saturated heterocycles. The number of carbonyl (C=O) groups excluding carboxylic acids is 3. The van der Waals surface area contributed by atoms with E-state index in [-0.39, 0.29) is 10.6 Å². The van der Waals surface area contributed by atoms with Gasteiger partial charge < -0.3 is 15.0 Å². The molecule has 1 rings (SSSR count). The lowest BCUT2D eigenvalue weighted by molar-refractivity contribution is -0.140.